The average molecular weight is 342 g/mol. The quantitative estimate of drug-likeness (QED) is 0.815. The first-order valence-corrected chi connectivity index (χ1v) is 7.52. The number of ether oxygens (including phenoxy) is 2. The molecule has 2 N–H and O–H groups in total. The number of methoxy groups -OCH3 is 1. The van der Waals surface area contributed by atoms with Crippen molar-refractivity contribution in [2.75, 3.05) is 12.4 Å². The Morgan fingerprint density at radius 1 is 0.960 bits per heavy atom. The number of anilines is 1. The summed E-state index contributed by atoms with van der Waals surface area (Å²) in [5, 5.41) is 4.62. The maximum Gasteiger partial charge on any atom is 0.342 e. The third-order valence-electron chi connectivity index (χ3n) is 3.25. The van der Waals surface area contributed by atoms with Crippen LogP contribution in [0.1, 0.15) is 17.3 Å². The van der Waals surface area contributed by atoms with Crippen LogP contribution in [0.15, 0.2) is 54.6 Å². The normalized spacial score (nSPS) is 11.1. The van der Waals surface area contributed by atoms with Gasteiger partial charge in [0.15, 0.2) is 6.10 Å². The molecule has 0 aliphatic rings. The molecule has 3 amide bonds. The highest BCUT2D eigenvalue weighted by Gasteiger charge is 2.22. The summed E-state index contributed by atoms with van der Waals surface area (Å²) >= 11 is 0. The van der Waals surface area contributed by atoms with E-state index in [9.17, 15) is 14.4 Å². The second-order valence-corrected chi connectivity index (χ2v) is 5.06. The van der Waals surface area contributed by atoms with E-state index in [1.807, 2.05) is 0 Å². The Kier molecular flexibility index (Phi) is 6.11. The van der Waals surface area contributed by atoms with Gasteiger partial charge >= 0.3 is 12.0 Å². The summed E-state index contributed by atoms with van der Waals surface area (Å²) in [6.07, 6.45) is -1.15. The van der Waals surface area contributed by atoms with Crippen molar-refractivity contribution in [2.24, 2.45) is 0 Å². The Labute approximate surface area is 144 Å². The Hall–Kier alpha value is -3.35. The minimum absolute atomic E-state index is 0.193. The number of imide groups is 1. The number of rotatable bonds is 5. The number of hydrogen-bond donors (Lipinski definition) is 2. The lowest BCUT2D eigenvalue weighted by Gasteiger charge is -2.14. The highest BCUT2D eigenvalue weighted by molar-refractivity contribution is 6.03. The molecule has 130 valence electrons. The van der Waals surface area contributed by atoms with Crippen molar-refractivity contribution in [1.29, 1.82) is 0 Å². The molecule has 1 unspecified atom stereocenters. The summed E-state index contributed by atoms with van der Waals surface area (Å²) in [6, 6.07) is 14.4. The molecule has 1 atom stereocenters. The molecule has 0 fully saturated rings. The van der Waals surface area contributed by atoms with Crippen LogP contribution in [0, 0.1) is 0 Å². The van der Waals surface area contributed by atoms with Crippen molar-refractivity contribution < 1.29 is 23.9 Å². The van der Waals surface area contributed by atoms with E-state index in [1.54, 1.807) is 48.5 Å². The largest absolute Gasteiger partial charge is 0.496 e. The van der Waals surface area contributed by atoms with Crippen LogP contribution >= 0.6 is 0 Å². The van der Waals surface area contributed by atoms with Gasteiger partial charge in [-0.25, -0.2) is 9.59 Å². The van der Waals surface area contributed by atoms with E-state index in [-0.39, 0.29) is 5.56 Å². The van der Waals surface area contributed by atoms with Crippen LogP contribution in [0.25, 0.3) is 0 Å². The van der Waals surface area contributed by atoms with E-state index in [0.29, 0.717) is 11.4 Å². The fourth-order valence-corrected chi connectivity index (χ4v) is 1.99. The minimum Gasteiger partial charge on any atom is -0.496 e. The summed E-state index contributed by atoms with van der Waals surface area (Å²) in [5.74, 6) is -1.12. The molecule has 0 aliphatic carbocycles. The number of esters is 1. The molecule has 0 saturated heterocycles. The highest BCUT2D eigenvalue weighted by Crippen LogP contribution is 2.18. The topological polar surface area (TPSA) is 93.7 Å². The summed E-state index contributed by atoms with van der Waals surface area (Å²) < 4.78 is 10.2. The van der Waals surface area contributed by atoms with Crippen molar-refractivity contribution in [3.05, 3.63) is 60.2 Å². The molecule has 0 heterocycles. The second kappa shape index (κ2) is 8.49. The number of urea groups is 1. The lowest BCUT2D eigenvalue weighted by molar-refractivity contribution is -0.127. The first-order chi connectivity index (χ1) is 12.0. The van der Waals surface area contributed by atoms with E-state index in [1.165, 1.54) is 20.1 Å². The molecule has 2 aromatic carbocycles. The van der Waals surface area contributed by atoms with E-state index in [2.05, 4.69) is 10.6 Å². The van der Waals surface area contributed by atoms with Crippen LogP contribution < -0.4 is 15.4 Å². The van der Waals surface area contributed by atoms with Gasteiger partial charge in [0.1, 0.15) is 11.3 Å². The van der Waals surface area contributed by atoms with Gasteiger partial charge in [-0.15, -0.1) is 0 Å². The molecular weight excluding hydrogens is 324 g/mol. The van der Waals surface area contributed by atoms with E-state index >= 15 is 0 Å². The summed E-state index contributed by atoms with van der Waals surface area (Å²) in [7, 11) is 1.43. The van der Waals surface area contributed by atoms with Gasteiger partial charge in [-0.05, 0) is 31.2 Å². The number of para-hydroxylation sites is 2. The molecule has 7 nitrogen and oxygen atoms in total. The van der Waals surface area contributed by atoms with Gasteiger partial charge in [0, 0.05) is 5.69 Å². The standard InChI is InChI=1S/C18H18N2O5/c1-12(25-17(22)14-10-6-7-11-15(14)24-2)16(21)20-18(23)19-13-8-4-3-5-9-13/h3-12H,1-2H3,(H2,19,20,21,23). The number of nitrogens with one attached hydrogen (secondary N) is 2. The molecular formula is C18H18N2O5. The smallest absolute Gasteiger partial charge is 0.342 e. The van der Waals surface area contributed by atoms with Crippen LogP contribution in [0.2, 0.25) is 0 Å². The molecule has 0 saturated carbocycles. The molecule has 0 spiro atoms. The van der Waals surface area contributed by atoms with Crippen molar-refractivity contribution >= 4 is 23.6 Å². The van der Waals surface area contributed by atoms with Gasteiger partial charge in [-0.3, -0.25) is 10.1 Å². The predicted molar refractivity (Wildman–Crippen MR) is 91.5 cm³/mol. The van der Waals surface area contributed by atoms with E-state index in [0.717, 1.165) is 0 Å². The fourth-order valence-electron chi connectivity index (χ4n) is 1.99. The van der Waals surface area contributed by atoms with Gasteiger partial charge in [-0.2, -0.15) is 0 Å². The monoisotopic (exact) mass is 342 g/mol. The SMILES string of the molecule is COc1ccccc1C(=O)OC(C)C(=O)NC(=O)Nc1ccccc1. The Morgan fingerprint density at radius 2 is 1.60 bits per heavy atom. The van der Waals surface area contributed by atoms with Crippen molar-refractivity contribution in [3.63, 3.8) is 0 Å². The van der Waals surface area contributed by atoms with Crippen molar-refractivity contribution in [1.82, 2.24) is 5.32 Å². The molecule has 0 bridgehead atoms. The molecule has 0 aromatic heterocycles. The molecule has 7 heteroatoms. The van der Waals surface area contributed by atoms with Gasteiger partial charge in [0.2, 0.25) is 0 Å². The maximum atomic E-state index is 12.1. The van der Waals surface area contributed by atoms with Crippen LogP contribution in [0.3, 0.4) is 0 Å². The lowest BCUT2D eigenvalue weighted by atomic mass is 10.2. The highest BCUT2D eigenvalue weighted by atomic mass is 16.5. The number of benzene rings is 2. The number of amides is 3. The molecule has 0 aliphatic heterocycles. The average Bonchev–Trinajstić information content (AvgIpc) is 2.62. The zero-order chi connectivity index (χ0) is 18.2. The zero-order valence-corrected chi connectivity index (χ0v) is 13.8. The van der Waals surface area contributed by atoms with Gasteiger partial charge < -0.3 is 14.8 Å². The van der Waals surface area contributed by atoms with Crippen LogP contribution in [0.5, 0.6) is 5.75 Å². The summed E-state index contributed by atoms with van der Waals surface area (Å²) in [4.78, 5) is 35.9. The maximum absolute atomic E-state index is 12.1. The summed E-state index contributed by atoms with van der Waals surface area (Å²) in [5.41, 5.74) is 0.727. The van der Waals surface area contributed by atoms with Gasteiger partial charge in [0.05, 0.1) is 7.11 Å². The van der Waals surface area contributed by atoms with E-state index < -0.39 is 24.0 Å². The van der Waals surface area contributed by atoms with Crippen LogP contribution in [-0.4, -0.2) is 31.1 Å². The zero-order valence-electron chi connectivity index (χ0n) is 13.8. The third kappa shape index (κ3) is 5.07. The van der Waals surface area contributed by atoms with Gasteiger partial charge in [-0.1, -0.05) is 30.3 Å². The van der Waals surface area contributed by atoms with Crippen LogP contribution in [0.4, 0.5) is 10.5 Å². The molecule has 0 radical (unpaired) electrons. The van der Waals surface area contributed by atoms with Gasteiger partial charge in [0.25, 0.3) is 5.91 Å². The third-order valence-corrected chi connectivity index (χ3v) is 3.25. The minimum atomic E-state index is -1.15. The number of carbonyl (C=O) groups is 3. The Balaban J connectivity index is 1.91. The van der Waals surface area contributed by atoms with Crippen molar-refractivity contribution in [2.45, 2.75) is 13.0 Å². The molecule has 2 rings (SSSR count). The summed E-state index contributed by atoms with van der Waals surface area (Å²) in [6.45, 7) is 1.37. The number of carbonyl (C=O) groups excluding carboxylic acids is 3. The molecule has 2 aromatic rings. The predicted octanol–water partition coefficient (Wildman–Crippen LogP) is 2.59. The lowest BCUT2D eigenvalue weighted by Crippen LogP contribution is -2.41. The Morgan fingerprint density at radius 3 is 2.28 bits per heavy atom. The van der Waals surface area contributed by atoms with E-state index in [4.69, 9.17) is 9.47 Å². The van der Waals surface area contributed by atoms with Crippen molar-refractivity contribution in [3.8, 4) is 5.75 Å². The number of hydrogen-bond acceptors (Lipinski definition) is 5. The second-order valence-electron chi connectivity index (χ2n) is 5.06. The van der Waals surface area contributed by atoms with Crippen LogP contribution in [-0.2, 0) is 9.53 Å². The first kappa shape index (κ1) is 18.0. The molecule has 25 heavy (non-hydrogen) atoms. The Bertz CT molecular complexity index is 761. The fraction of sp³-hybridized carbons (Fsp3) is 0.167. The first-order valence-electron chi connectivity index (χ1n) is 7.52.